The number of nitrogens with zero attached hydrogens (tertiary/aromatic N) is 1. The van der Waals surface area contributed by atoms with E-state index in [1.54, 1.807) is 30.3 Å². The number of anilines is 1. The van der Waals surface area contributed by atoms with Gasteiger partial charge in [-0.3, -0.25) is 4.72 Å². The van der Waals surface area contributed by atoms with Crippen LogP contribution in [-0.4, -0.2) is 13.4 Å². The quantitative estimate of drug-likeness (QED) is 0.867. The first-order chi connectivity index (χ1) is 8.49. The summed E-state index contributed by atoms with van der Waals surface area (Å²) < 4.78 is 27.1. The molecular formula is C11H8BrClN2O2S. The minimum absolute atomic E-state index is 0.0217. The fourth-order valence-electron chi connectivity index (χ4n) is 1.32. The van der Waals surface area contributed by atoms with Crippen molar-refractivity contribution in [2.75, 3.05) is 4.72 Å². The molecule has 0 atom stereocenters. The van der Waals surface area contributed by atoms with E-state index in [0.29, 0.717) is 4.60 Å². The SMILES string of the molecule is O=S(=O)(Nc1cccc(Br)n1)c1ccccc1Cl. The molecule has 0 aliphatic rings. The highest BCUT2D eigenvalue weighted by Crippen LogP contribution is 2.23. The van der Waals surface area contributed by atoms with Gasteiger partial charge in [-0.1, -0.05) is 29.8 Å². The molecule has 4 nitrogen and oxygen atoms in total. The fraction of sp³-hybridized carbons (Fsp3) is 0. The summed E-state index contributed by atoms with van der Waals surface area (Å²) in [5.74, 6) is 0.226. The Kier molecular flexibility index (Phi) is 3.89. The average molecular weight is 348 g/mol. The Hall–Kier alpha value is -1.11. The molecule has 0 radical (unpaired) electrons. The van der Waals surface area contributed by atoms with Gasteiger partial charge in [-0.15, -0.1) is 0 Å². The van der Waals surface area contributed by atoms with Gasteiger partial charge in [0.25, 0.3) is 10.0 Å². The summed E-state index contributed by atoms with van der Waals surface area (Å²) >= 11 is 9.03. The minimum atomic E-state index is -3.73. The van der Waals surface area contributed by atoms with Crippen molar-refractivity contribution in [3.63, 3.8) is 0 Å². The smallest absolute Gasteiger partial charge is 0.263 e. The summed E-state index contributed by atoms with van der Waals surface area (Å²) in [7, 11) is -3.73. The van der Waals surface area contributed by atoms with Crippen LogP contribution in [0.15, 0.2) is 52.0 Å². The summed E-state index contributed by atoms with van der Waals surface area (Å²) in [6.07, 6.45) is 0. The Labute approximate surface area is 118 Å². The third-order valence-corrected chi connectivity index (χ3v) is 4.38. The van der Waals surface area contributed by atoms with Crippen LogP contribution in [0.1, 0.15) is 0 Å². The number of halogens is 2. The lowest BCUT2D eigenvalue weighted by atomic mass is 10.4. The third-order valence-electron chi connectivity index (χ3n) is 2.08. The molecule has 0 spiro atoms. The third kappa shape index (κ3) is 3.01. The molecular weight excluding hydrogens is 340 g/mol. The zero-order valence-corrected chi connectivity index (χ0v) is 12.1. The first kappa shape index (κ1) is 13.3. The van der Waals surface area contributed by atoms with Gasteiger partial charge in [0.15, 0.2) is 0 Å². The van der Waals surface area contributed by atoms with Crippen molar-refractivity contribution in [2.24, 2.45) is 0 Å². The lowest BCUT2D eigenvalue weighted by Gasteiger charge is -2.08. The molecule has 7 heteroatoms. The largest absolute Gasteiger partial charge is 0.264 e. The highest BCUT2D eigenvalue weighted by Gasteiger charge is 2.17. The van der Waals surface area contributed by atoms with E-state index in [-0.39, 0.29) is 15.7 Å². The predicted octanol–water partition coefficient (Wildman–Crippen LogP) is 3.30. The van der Waals surface area contributed by atoms with Crippen LogP contribution in [0.2, 0.25) is 5.02 Å². The minimum Gasteiger partial charge on any atom is -0.263 e. The summed E-state index contributed by atoms with van der Waals surface area (Å²) in [6, 6.07) is 11.2. The molecule has 0 bridgehead atoms. The van der Waals surface area contributed by atoms with E-state index in [4.69, 9.17) is 11.6 Å². The van der Waals surface area contributed by atoms with Crippen LogP contribution in [0, 0.1) is 0 Å². The second-order valence-electron chi connectivity index (χ2n) is 3.38. The molecule has 0 fully saturated rings. The molecule has 1 aromatic heterocycles. The zero-order chi connectivity index (χ0) is 13.2. The number of benzene rings is 1. The van der Waals surface area contributed by atoms with Crippen LogP contribution in [0.5, 0.6) is 0 Å². The highest BCUT2D eigenvalue weighted by molar-refractivity contribution is 9.10. The molecule has 0 saturated heterocycles. The van der Waals surface area contributed by atoms with Crippen LogP contribution < -0.4 is 4.72 Å². The van der Waals surface area contributed by atoms with Crippen LogP contribution in [0.4, 0.5) is 5.82 Å². The summed E-state index contributed by atoms with van der Waals surface area (Å²) in [6.45, 7) is 0. The molecule has 0 aliphatic carbocycles. The molecule has 94 valence electrons. The molecule has 2 rings (SSSR count). The van der Waals surface area contributed by atoms with Crippen LogP contribution in [-0.2, 0) is 10.0 Å². The predicted molar refractivity (Wildman–Crippen MR) is 74.2 cm³/mol. The number of nitrogens with one attached hydrogen (secondary N) is 1. The van der Waals surface area contributed by atoms with Gasteiger partial charge in [0, 0.05) is 0 Å². The lowest BCUT2D eigenvalue weighted by Crippen LogP contribution is -2.14. The van der Waals surface area contributed by atoms with E-state index in [9.17, 15) is 8.42 Å². The van der Waals surface area contributed by atoms with Crippen molar-refractivity contribution >= 4 is 43.4 Å². The first-order valence-corrected chi connectivity index (χ1v) is 7.54. The number of pyridine rings is 1. The van der Waals surface area contributed by atoms with E-state index in [1.807, 2.05) is 0 Å². The van der Waals surface area contributed by atoms with Gasteiger partial charge in [-0.2, -0.15) is 0 Å². The van der Waals surface area contributed by atoms with Gasteiger partial charge in [0.2, 0.25) is 0 Å². The van der Waals surface area contributed by atoms with Crippen molar-refractivity contribution in [2.45, 2.75) is 4.90 Å². The number of hydrogen-bond acceptors (Lipinski definition) is 3. The van der Waals surface area contributed by atoms with Crippen LogP contribution >= 0.6 is 27.5 Å². The van der Waals surface area contributed by atoms with Crippen molar-refractivity contribution in [1.82, 2.24) is 4.98 Å². The topological polar surface area (TPSA) is 59.1 Å². The molecule has 0 aliphatic heterocycles. The van der Waals surface area contributed by atoms with Gasteiger partial charge in [0.05, 0.1) is 5.02 Å². The van der Waals surface area contributed by atoms with E-state index in [0.717, 1.165) is 0 Å². The number of hydrogen-bond donors (Lipinski definition) is 1. The second kappa shape index (κ2) is 5.26. The standard InChI is InChI=1S/C11H8BrClN2O2S/c12-10-6-3-7-11(14-10)15-18(16,17)9-5-2-1-4-8(9)13/h1-7H,(H,14,15). The molecule has 0 saturated carbocycles. The summed E-state index contributed by atoms with van der Waals surface area (Å²) in [4.78, 5) is 4.02. The van der Waals surface area contributed by atoms with Gasteiger partial charge < -0.3 is 0 Å². The molecule has 0 amide bonds. The molecule has 1 N–H and O–H groups in total. The maximum absolute atomic E-state index is 12.1. The molecule has 1 heterocycles. The number of aromatic nitrogens is 1. The van der Waals surface area contributed by atoms with Crippen molar-refractivity contribution in [3.05, 3.63) is 52.1 Å². The van der Waals surface area contributed by atoms with E-state index in [2.05, 4.69) is 25.6 Å². The second-order valence-corrected chi connectivity index (χ2v) is 6.25. The lowest BCUT2D eigenvalue weighted by molar-refractivity contribution is 0.601. The zero-order valence-electron chi connectivity index (χ0n) is 8.97. The first-order valence-electron chi connectivity index (χ1n) is 4.89. The highest BCUT2D eigenvalue weighted by atomic mass is 79.9. The number of rotatable bonds is 3. The van der Waals surface area contributed by atoms with Gasteiger partial charge >= 0.3 is 0 Å². The fourth-order valence-corrected chi connectivity index (χ4v) is 3.19. The van der Waals surface area contributed by atoms with Gasteiger partial charge in [-0.25, -0.2) is 13.4 Å². The Balaban J connectivity index is 2.37. The molecule has 18 heavy (non-hydrogen) atoms. The van der Waals surface area contributed by atoms with E-state index >= 15 is 0 Å². The Morgan fingerprint density at radius 1 is 1.11 bits per heavy atom. The monoisotopic (exact) mass is 346 g/mol. The average Bonchev–Trinajstić information content (AvgIpc) is 2.28. The van der Waals surface area contributed by atoms with E-state index < -0.39 is 10.0 Å². The summed E-state index contributed by atoms with van der Waals surface area (Å²) in [5, 5.41) is 0.167. The van der Waals surface area contributed by atoms with Gasteiger partial charge in [-0.05, 0) is 40.2 Å². The Morgan fingerprint density at radius 3 is 2.50 bits per heavy atom. The molecule has 0 unspecified atom stereocenters. The number of sulfonamides is 1. The summed E-state index contributed by atoms with van der Waals surface area (Å²) in [5.41, 5.74) is 0. The molecule has 2 aromatic rings. The van der Waals surface area contributed by atoms with Crippen molar-refractivity contribution in [3.8, 4) is 0 Å². The van der Waals surface area contributed by atoms with E-state index in [1.165, 1.54) is 12.1 Å². The maximum atomic E-state index is 12.1. The Morgan fingerprint density at radius 2 is 1.83 bits per heavy atom. The molecule has 1 aromatic carbocycles. The van der Waals surface area contributed by atoms with Gasteiger partial charge in [0.1, 0.15) is 15.3 Å². The Bertz CT molecular complexity index is 676. The normalized spacial score (nSPS) is 11.2. The van der Waals surface area contributed by atoms with Crippen molar-refractivity contribution in [1.29, 1.82) is 0 Å². The van der Waals surface area contributed by atoms with Crippen LogP contribution in [0.25, 0.3) is 0 Å². The maximum Gasteiger partial charge on any atom is 0.264 e. The van der Waals surface area contributed by atoms with Crippen molar-refractivity contribution < 1.29 is 8.42 Å². The van der Waals surface area contributed by atoms with Crippen LogP contribution in [0.3, 0.4) is 0 Å².